The third kappa shape index (κ3) is 10.3. The van der Waals surface area contributed by atoms with Crippen molar-refractivity contribution in [3.63, 3.8) is 0 Å². The van der Waals surface area contributed by atoms with Crippen LogP contribution in [0.3, 0.4) is 0 Å². The fraction of sp³-hybridized carbons (Fsp3) is 0.263. The van der Waals surface area contributed by atoms with Crippen LogP contribution >= 0.6 is 0 Å². The van der Waals surface area contributed by atoms with Crippen LogP contribution in [0.5, 0.6) is 0 Å². The maximum absolute atomic E-state index is 4.30. The highest BCUT2D eigenvalue weighted by Gasteiger charge is 1.96. The molecule has 2 nitrogen and oxygen atoms in total. The first kappa shape index (κ1) is 21.1. The van der Waals surface area contributed by atoms with E-state index in [1.807, 2.05) is 52.0 Å². The highest BCUT2D eigenvalue weighted by Crippen LogP contribution is 2.10. The lowest BCUT2D eigenvalue weighted by molar-refractivity contribution is 1.37. The highest BCUT2D eigenvalue weighted by atomic mass is 14.9. The Labute approximate surface area is 130 Å². The summed E-state index contributed by atoms with van der Waals surface area (Å²) in [5.74, 6) is 0.726. The second kappa shape index (κ2) is 12.8. The fourth-order valence-corrected chi connectivity index (χ4v) is 1.08. The summed E-state index contributed by atoms with van der Waals surface area (Å²) in [6.07, 6.45) is 9.12. The normalized spacial score (nSPS) is 12.0. The molecular weight excluding hydrogens is 256 g/mol. The quantitative estimate of drug-likeness (QED) is 0.350. The van der Waals surface area contributed by atoms with Crippen molar-refractivity contribution < 1.29 is 0 Å². The summed E-state index contributed by atoms with van der Waals surface area (Å²) in [4.78, 5) is 8.29. The molecule has 2 heteroatoms. The van der Waals surface area contributed by atoms with Gasteiger partial charge in [-0.1, -0.05) is 70.5 Å². The van der Waals surface area contributed by atoms with E-state index in [-0.39, 0.29) is 0 Å². The monoisotopic (exact) mass is 284 g/mol. The van der Waals surface area contributed by atoms with E-state index in [0.29, 0.717) is 0 Å². The van der Waals surface area contributed by atoms with Crippen molar-refractivity contribution in [2.24, 2.45) is 9.98 Å². The summed E-state index contributed by atoms with van der Waals surface area (Å²) in [5.41, 5.74) is 3.32. The zero-order valence-corrected chi connectivity index (χ0v) is 14.1. The molecule has 0 N–H and O–H groups in total. The molecule has 0 saturated carbocycles. The van der Waals surface area contributed by atoms with E-state index in [4.69, 9.17) is 0 Å². The highest BCUT2D eigenvalue weighted by molar-refractivity contribution is 6.06. The Balaban J connectivity index is 0. The van der Waals surface area contributed by atoms with Crippen molar-refractivity contribution in [3.05, 3.63) is 73.4 Å². The van der Waals surface area contributed by atoms with Gasteiger partial charge in [-0.2, -0.15) is 0 Å². The molecule has 0 radical (unpaired) electrons. The van der Waals surface area contributed by atoms with E-state index in [9.17, 15) is 0 Å². The molecule has 0 atom stereocenters. The van der Waals surface area contributed by atoms with Gasteiger partial charge in [0.25, 0.3) is 0 Å². The van der Waals surface area contributed by atoms with Gasteiger partial charge in [0, 0.05) is 12.8 Å². The van der Waals surface area contributed by atoms with E-state index in [2.05, 4.69) is 36.3 Å². The number of amidine groups is 1. The SMILES string of the molecule is C=C/C=C\C(=C)C(=C)/C=C\C(=C)C(C)=NC(C)=NC.CC. The Hall–Kier alpha value is -2.22. The van der Waals surface area contributed by atoms with Crippen LogP contribution in [-0.4, -0.2) is 18.6 Å². The Bertz CT molecular complexity index is 498. The Morgan fingerprint density at radius 1 is 0.857 bits per heavy atom. The van der Waals surface area contributed by atoms with Crippen molar-refractivity contribution in [1.82, 2.24) is 0 Å². The Kier molecular flexibility index (Phi) is 12.8. The minimum atomic E-state index is 0.726. The van der Waals surface area contributed by atoms with Crippen LogP contribution in [0, 0.1) is 0 Å². The lowest BCUT2D eigenvalue weighted by Gasteiger charge is -2.01. The molecule has 0 bridgehead atoms. The van der Waals surface area contributed by atoms with Crippen LogP contribution in [0.1, 0.15) is 27.7 Å². The summed E-state index contributed by atoms with van der Waals surface area (Å²) in [6, 6.07) is 0. The molecule has 0 aromatic heterocycles. The molecule has 0 rings (SSSR count). The molecule has 21 heavy (non-hydrogen) atoms. The molecule has 0 fully saturated rings. The maximum atomic E-state index is 4.30. The van der Waals surface area contributed by atoms with Gasteiger partial charge in [0.15, 0.2) is 0 Å². The molecule has 0 aromatic carbocycles. The van der Waals surface area contributed by atoms with Gasteiger partial charge in [0.05, 0.1) is 0 Å². The molecule has 0 amide bonds. The van der Waals surface area contributed by atoms with Crippen molar-refractivity contribution in [1.29, 1.82) is 0 Å². The largest absolute Gasteiger partial charge is 0.274 e. The molecular formula is C19H28N2. The zero-order chi connectivity index (χ0) is 16.8. The molecule has 0 aliphatic rings. The number of allylic oxidation sites excluding steroid dienone is 8. The van der Waals surface area contributed by atoms with Crippen molar-refractivity contribution in [3.8, 4) is 0 Å². The van der Waals surface area contributed by atoms with E-state index in [1.165, 1.54) is 0 Å². The Morgan fingerprint density at radius 2 is 1.33 bits per heavy atom. The Morgan fingerprint density at radius 3 is 1.81 bits per heavy atom. The second-order valence-electron chi connectivity index (χ2n) is 3.97. The average molecular weight is 284 g/mol. The summed E-state index contributed by atoms with van der Waals surface area (Å²) < 4.78 is 0. The number of aliphatic imine (C=N–C) groups is 2. The standard InChI is InChI=1S/C17H22N2.C2H6/c1-8-9-10-13(2)14(3)11-12-15(4)16(5)19-17(6)18-7;1-2/h8-12H,1-4H2,5-7H3;1-2H3/b10-9-,12-11-,18-17?,19-16?;. The van der Waals surface area contributed by atoms with E-state index >= 15 is 0 Å². The third-order valence-corrected chi connectivity index (χ3v) is 2.45. The third-order valence-electron chi connectivity index (χ3n) is 2.45. The molecule has 0 unspecified atom stereocenters. The lowest BCUT2D eigenvalue weighted by Crippen LogP contribution is -1.98. The van der Waals surface area contributed by atoms with Crippen LogP contribution in [0.25, 0.3) is 0 Å². The summed E-state index contributed by atoms with van der Waals surface area (Å²) >= 11 is 0. The van der Waals surface area contributed by atoms with Gasteiger partial charge in [-0.15, -0.1) is 0 Å². The van der Waals surface area contributed by atoms with Crippen LogP contribution in [0.4, 0.5) is 0 Å². The average Bonchev–Trinajstić information content (AvgIpc) is 2.51. The van der Waals surface area contributed by atoms with Crippen molar-refractivity contribution in [2.45, 2.75) is 27.7 Å². The summed E-state index contributed by atoms with van der Waals surface area (Å²) in [5, 5.41) is 0. The van der Waals surface area contributed by atoms with Crippen LogP contribution in [0.15, 0.2) is 83.4 Å². The number of hydrogen-bond donors (Lipinski definition) is 0. The molecule has 0 aromatic rings. The van der Waals surface area contributed by atoms with E-state index in [0.717, 1.165) is 28.3 Å². The molecule has 0 spiro atoms. The molecule has 0 aliphatic carbocycles. The van der Waals surface area contributed by atoms with Crippen LogP contribution < -0.4 is 0 Å². The second-order valence-corrected chi connectivity index (χ2v) is 3.97. The summed E-state index contributed by atoms with van der Waals surface area (Å²) in [6.45, 7) is 23.2. The van der Waals surface area contributed by atoms with E-state index in [1.54, 1.807) is 13.1 Å². The number of hydrogen-bond acceptors (Lipinski definition) is 1. The van der Waals surface area contributed by atoms with Gasteiger partial charge in [-0.3, -0.25) is 4.99 Å². The molecule has 0 saturated heterocycles. The maximum Gasteiger partial charge on any atom is 0.120 e. The zero-order valence-electron chi connectivity index (χ0n) is 14.1. The lowest BCUT2D eigenvalue weighted by atomic mass is 10.1. The predicted octanol–water partition coefficient (Wildman–Crippen LogP) is 5.49. The van der Waals surface area contributed by atoms with Crippen LogP contribution in [0.2, 0.25) is 0 Å². The van der Waals surface area contributed by atoms with E-state index < -0.39 is 0 Å². The minimum Gasteiger partial charge on any atom is -0.274 e. The first-order chi connectivity index (χ1) is 9.92. The number of nitrogens with zero attached hydrogens (tertiary/aromatic N) is 2. The van der Waals surface area contributed by atoms with Crippen LogP contribution in [-0.2, 0) is 0 Å². The molecule has 114 valence electrons. The number of rotatable bonds is 6. The van der Waals surface area contributed by atoms with Crippen molar-refractivity contribution in [2.75, 3.05) is 7.05 Å². The van der Waals surface area contributed by atoms with Crippen molar-refractivity contribution >= 4 is 11.5 Å². The van der Waals surface area contributed by atoms with Gasteiger partial charge >= 0.3 is 0 Å². The first-order valence-corrected chi connectivity index (χ1v) is 6.95. The van der Waals surface area contributed by atoms with Gasteiger partial charge in [0.1, 0.15) is 5.84 Å². The first-order valence-electron chi connectivity index (χ1n) is 6.95. The van der Waals surface area contributed by atoms with Gasteiger partial charge < -0.3 is 0 Å². The molecule has 0 aliphatic heterocycles. The smallest absolute Gasteiger partial charge is 0.120 e. The van der Waals surface area contributed by atoms with Gasteiger partial charge in [0.2, 0.25) is 0 Å². The minimum absolute atomic E-state index is 0.726. The summed E-state index contributed by atoms with van der Waals surface area (Å²) in [7, 11) is 1.71. The fourth-order valence-electron chi connectivity index (χ4n) is 1.08. The molecule has 0 heterocycles. The van der Waals surface area contributed by atoms with Gasteiger partial charge in [-0.25, -0.2) is 4.99 Å². The predicted molar refractivity (Wildman–Crippen MR) is 99.4 cm³/mol. The topological polar surface area (TPSA) is 24.7 Å². The van der Waals surface area contributed by atoms with Gasteiger partial charge in [-0.05, 0) is 30.6 Å².